The highest BCUT2D eigenvalue weighted by Gasteiger charge is 2.52. The molecule has 0 aromatic carbocycles. The van der Waals surface area contributed by atoms with Gasteiger partial charge in [0.25, 0.3) is 48.4 Å². The molecule has 3 fully saturated rings. The summed E-state index contributed by atoms with van der Waals surface area (Å²) in [6, 6.07) is 0. The fourth-order valence-electron chi connectivity index (χ4n) is 8.39. The second-order valence-corrected chi connectivity index (χ2v) is 22.3. The van der Waals surface area contributed by atoms with E-state index in [0.717, 1.165) is 39.8 Å². The van der Waals surface area contributed by atoms with Gasteiger partial charge >= 0.3 is 5.65 Å². The van der Waals surface area contributed by atoms with Gasteiger partial charge in [-0.1, -0.05) is 4.98 Å². The summed E-state index contributed by atoms with van der Waals surface area (Å²) in [5, 5.41) is 32.9. The molecule has 0 spiro atoms. The molecule has 43 heteroatoms. The number of phosphoric acid groups is 4. The third-order valence-electron chi connectivity index (χ3n) is 11.6. The Kier molecular flexibility index (Phi) is 14.2. The smallest absolute Gasteiger partial charge is 0.313 e. The van der Waals surface area contributed by atoms with Gasteiger partial charge in [0.15, 0.2) is 41.4 Å². The number of phosphoric ester groups is 3. The van der Waals surface area contributed by atoms with Gasteiger partial charge in [0.05, 0.1) is 43.6 Å². The maximum absolute atomic E-state index is 13.6. The first kappa shape index (κ1) is 51.6. The molecule has 0 saturated carbocycles. The van der Waals surface area contributed by atoms with Crippen molar-refractivity contribution < 1.29 is 112 Å². The Bertz CT molecular complexity index is 3610. The number of imidazole rings is 3. The Labute approximate surface area is 425 Å². The lowest BCUT2D eigenvalue weighted by molar-refractivity contribution is -0.745. The lowest BCUT2D eigenvalue weighted by Crippen LogP contribution is -2.46. The fourth-order valence-corrected chi connectivity index (χ4v) is 12.7. The summed E-state index contributed by atoms with van der Waals surface area (Å²) >= 11 is 0. The molecule has 16 atom stereocenters. The highest BCUT2D eigenvalue weighted by atomic mass is 31.3. The second kappa shape index (κ2) is 20.9. The Balaban J connectivity index is 0.877. The molecule has 3 aliphatic heterocycles. The van der Waals surface area contributed by atoms with Crippen molar-refractivity contribution in [2.75, 3.05) is 51.2 Å². The molecule has 6 aromatic rings. The number of anilines is 3. The number of nitrogens with two attached hydrogens (primary N) is 3. The first-order valence-corrected chi connectivity index (χ1v) is 27.1. The van der Waals surface area contributed by atoms with E-state index in [2.05, 4.69) is 53.0 Å². The number of hydrogen-bond donors (Lipinski definition) is 8. The Morgan fingerprint density at radius 3 is 1.97 bits per heavy atom. The second-order valence-electron chi connectivity index (χ2n) is 16.5. The largest absolute Gasteiger partial charge is 0.756 e. The summed E-state index contributed by atoms with van der Waals surface area (Å²) in [4.78, 5) is 106. The van der Waals surface area contributed by atoms with Gasteiger partial charge in [-0.25, -0.2) is 33.1 Å². The van der Waals surface area contributed by atoms with Crippen molar-refractivity contribution in [3.05, 3.63) is 46.0 Å². The highest BCUT2D eigenvalue weighted by molar-refractivity contribution is 7.65. The van der Waals surface area contributed by atoms with Gasteiger partial charge in [-0.15, -0.1) is 0 Å². The van der Waals surface area contributed by atoms with Crippen LogP contribution in [0.3, 0.4) is 0 Å². The van der Waals surface area contributed by atoms with Crippen LogP contribution in [0.15, 0.2) is 34.9 Å². The number of aromatic amines is 2. The SMILES string of the molecule is [2H]C([2H])([2H])O[C@@H]1C(O)[C@H]([n+]2cn(C)c3c(=O)[nH]c(N)nc32)O[C@@H]1COP(=O)([O-])OP(=O)([O-])OP(=O)([O-])OC[C@H]1O[C@@H](n2cnc3c(N)ncnc32)C(OC)[C@H]1OP(=O)([O-])OC[C@H]1O[C@@H](n2cnc3c(=O)[nH]c(N)nc32)C(O)[C@H]1O. The van der Waals surface area contributed by atoms with Crippen molar-refractivity contribution in [2.24, 2.45) is 7.05 Å². The number of ether oxygens (including phenoxy) is 5. The number of fused-ring (bicyclic) bond motifs is 3. The standard InChI is InChI=1S/C33H45N15O24P4/c1-45-10-48(26-16(45)28(53)44-33(36)42-26)30-19(51)20(62-2)12(68-30)5-65-74(56,57)71-76(60,61)72-75(58,59)66-6-13-21(22(63-3)31(69-13)46-8-39-14-23(34)37-7-38-24(14)46)70-73(54,55)64-4-11-17(49)18(50)29(67-11)47-9-40-15-25(47)41-32(35)43-27(15)52/h7-13,17-22,29-31,49-51H,4-6H2,1-3H3,(H11-,34,35,36,37,38,41,42,43,44,52,53,54,55,56,57,58,59,60,61)/p-3/t11-,12-,13-,17+,18?,19?,20+,21+,22?,29-,30-,31-/m1/s1/i2D3. The van der Waals surface area contributed by atoms with Crippen LogP contribution in [-0.2, 0) is 75.7 Å². The number of aliphatic hydroxyl groups excluding tert-OH is 3. The van der Waals surface area contributed by atoms with Crippen molar-refractivity contribution in [2.45, 2.75) is 73.6 Å². The molecule has 9 rings (SSSR count). The minimum Gasteiger partial charge on any atom is -0.756 e. The van der Waals surface area contributed by atoms with E-state index >= 15 is 0 Å². The first-order chi connectivity index (χ1) is 36.8. The van der Waals surface area contributed by atoms with E-state index in [1.165, 1.54) is 17.9 Å². The van der Waals surface area contributed by atoms with Crippen molar-refractivity contribution >= 4 is 82.5 Å². The summed E-state index contributed by atoms with van der Waals surface area (Å²) < 4.78 is 135. The van der Waals surface area contributed by atoms with E-state index < -0.39 is 143 Å². The Morgan fingerprint density at radius 1 is 0.711 bits per heavy atom. The number of hydrogen-bond acceptors (Lipinski definition) is 33. The maximum Gasteiger partial charge on any atom is 0.313 e. The van der Waals surface area contributed by atoms with E-state index in [9.17, 15) is 62.7 Å². The normalized spacial score (nSPS) is 31.0. The van der Waals surface area contributed by atoms with Gasteiger partial charge in [-0.05, 0) is 0 Å². The van der Waals surface area contributed by atoms with Crippen molar-refractivity contribution in [3.8, 4) is 0 Å². The van der Waals surface area contributed by atoms with Gasteiger partial charge in [0.2, 0.25) is 17.7 Å². The summed E-state index contributed by atoms with van der Waals surface area (Å²) in [6.45, 7) is -3.91. The number of methoxy groups -OCH3 is 2. The van der Waals surface area contributed by atoms with Crippen LogP contribution >= 0.6 is 31.3 Å². The first-order valence-electron chi connectivity index (χ1n) is 22.8. The third-order valence-corrected chi connectivity index (χ3v) is 16.7. The van der Waals surface area contributed by atoms with Crippen LogP contribution < -0.4 is 52.5 Å². The Morgan fingerprint density at radius 2 is 1.30 bits per heavy atom. The summed E-state index contributed by atoms with van der Waals surface area (Å²) in [5.74, 6) is -0.862. The van der Waals surface area contributed by atoms with Crippen LogP contribution in [0.2, 0.25) is 0 Å². The molecule has 0 amide bonds. The third kappa shape index (κ3) is 11.0. The monoisotopic (exact) mass is 1160 g/mol. The average molecular weight is 1160 g/mol. The number of aromatic nitrogens is 12. The van der Waals surface area contributed by atoms with E-state index in [-0.39, 0.29) is 51.2 Å². The number of aryl methyl sites for hydroxylation is 1. The van der Waals surface area contributed by atoms with Crippen LogP contribution in [0.25, 0.3) is 33.5 Å². The van der Waals surface area contributed by atoms with Gasteiger partial charge in [-0.2, -0.15) is 4.98 Å². The molecule has 3 aliphatic rings. The van der Waals surface area contributed by atoms with Crippen molar-refractivity contribution in [3.63, 3.8) is 0 Å². The van der Waals surface area contributed by atoms with Gasteiger partial charge in [0, 0.05) is 14.1 Å². The highest BCUT2D eigenvalue weighted by Crippen LogP contribution is 2.63. The van der Waals surface area contributed by atoms with E-state index in [1.54, 1.807) is 0 Å². The van der Waals surface area contributed by atoms with E-state index in [1.807, 2.05) is 0 Å². The average Bonchev–Trinajstić information content (AvgIpc) is 4.34. The molecule has 7 unspecified atom stereocenters. The van der Waals surface area contributed by atoms with E-state index in [0.29, 0.717) is 0 Å². The minimum atomic E-state index is -6.68. The Hall–Kier alpha value is -5.15. The van der Waals surface area contributed by atoms with E-state index in [4.69, 9.17) is 58.6 Å². The van der Waals surface area contributed by atoms with Crippen LogP contribution in [0.1, 0.15) is 22.8 Å². The summed E-state index contributed by atoms with van der Waals surface area (Å²) in [5.41, 5.74) is 14.9. The molecule has 39 nitrogen and oxygen atoms in total. The molecule has 416 valence electrons. The zero-order valence-corrected chi connectivity index (χ0v) is 41.8. The quantitative estimate of drug-likeness (QED) is 0.0260. The number of aliphatic hydroxyl groups is 3. The molecule has 3 saturated heterocycles. The molecule has 0 radical (unpaired) electrons. The lowest BCUT2D eigenvalue weighted by Gasteiger charge is -2.35. The summed E-state index contributed by atoms with van der Waals surface area (Å²) in [6.07, 6.45) is -17.5. The molecule has 0 aliphatic carbocycles. The minimum absolute atomic E-state index is 0.00629. The molecule has 0 bridgehead atoms. The molecule has 9 heterocycles. The number of nitrogen functional groups attached to an aromatic ring is 3. The maximum atomic E-state index is 13.6. The molecular weight excluding hydrogens is 1110 g/mol. The molecule has 11 N–H and O–H groups in total. The molecule has 6 aromatic heterocycles. The predicted octanol–water partition coefficient (Wildman–Crippen LogP) is -6.58. The van der Waals surface area contributed by atoms with Gasteiger partial charge in [0.1, 0.15) is 66.8 Å². The number of nitrogens with zero attached hydrogens (tertiary/aromatic N) is 10. The number of H-pyrrole nitrogens is 2. The van der Waals surface area contributed by atoms with Gasteiger partial charge < -0.3 is 93.9 Å². The van der Waals surface area contributed by atoms with Crippen molar-refractivity contribution in [1.29, 1.82) is 0 Å². The molecule has 76 heavy (non-hydrogen) atoms. The molecular formula is C33H42N15O24P4-3. The van der Waals surface area contributed by atoms with Crippen LogP contribution in [-0.4, -0.2) is 158 Å². The number of rotatable bonds is 20. The number of nitrogens with one attached hydrogen (secondary N) is 2. The van der Waals surface area contributed by atoms with Crippen LogP contribution in [0, 0.1) is 0 Å². The zero-order valence-electron chi connectivity index (χ0n) is 41.3. The van der Waals surface area contributed by atoms with Crippen LogP contribution in [0.5, 0.6) is 0 Å². The van der Waals surface area contributed by atoms with Gasteiger partial charge in [-0.3, -0.25) is 51.5 Å². The lowest BCUT2D eigenvalue weighted by atomic mass is 10.1. The topological polar surface area (TPSA) is 563 Å². The van der Waals surface area contributed by atoms with Crippen LogP contribution in [0.4, 0.5) is 17.7 Å². The van der Waals surface area contributed by atoms with Crippen molar-refractivity contribution in [1.82, 2.24) is 53.6 Å². The fraction of sp³-hybridized carbons (Fsp3) is 0.545. The predicted molar refractivity (Wildman–Crippen MR) is 235 cm³/mol. The summed E-state index contributed by atoms with van der Waals surface area (Å²) in [7, 11) is -26.0. The zero-order chi connectivity index (χ0) is 57.5.